The van der Waals surface area contributed by atoms with Crippen LogP contribution in [0.3, 0.4) is 0 Å². The molecule has 8 aromatic rings. The lowest BCUT2D eigenvalue weighted by Crippen LogP contribution is -1.97. The predicted molar refractivity (Wildman–Crippen MR) is 183 cm³/mol. The highest BCUT2D eigenvalue weighted by Gasteiger charge is 2.23. The van der Waals surface area contributed by atoms with E-state index in [4.69, 9.17) is 0 Å². The van der Waals surface area contributed by atoms with Gasteiger partial charge >= 0.3 is 0 Å². The van der Waals surface area contributed by atoms with Crippen molar-refractivity contribution in [2.75, 3.05) is 0 Å². The lowest BCUT2D eigenvalue weighted by atomic mass is 9.84. The predicted octanol–water partition coefficient (Wildman–Crippen LogP) is 11.0. The summed E-state index contributed by atoms with van der Waals surface area (Å²) in [5.41, 5.74) is 5.95. The molecule has 0 radical (unpaired) electrons. The van der Waals surface area contributed by atoms with Crippen molar-refractivity contribution < 1.29 is 0 Å². The molecule has 0 unspecified atom stereocenters. The van der Waals surface area contributed by atoms with E-state index >= 15 is 0 Å². The second kappa shape index (κ2) is 10.2. The van der Waals surface area contributed by atoms with Crippen LogP contribution in [0.1, 0.15) is 16.7 Å². The average Bonchev–Trinajstić information content (AvgIpc) is 3.66. The molecule has 0 saturated heterocycles. The first-order chi connectivity index (χ1) is 21.7. The van der Waals surface area contributed by atoms with Crippen molar-refractivity contribution in [3.8, 4) is 51.6 Å². The number of hydrogen-bond acceptors (Lipinski definition) is 5. The maximum Gasteiger partial charge on any atom is 0.100 e. The van der Waals surface area contributed by atoms with E-state index in [2.05, 4.69) is 91.0 Å². The highest BCUT2D eigenvalue weighted by atomic mass is 32.1. The number of benzene rings is 6. The fraction of sp³-hybridized carbons (Fsp3) is 0. The molecule has 0 atom stereocenters. The lowest BCUT2D eigenvalue weighted by Gasteiger charge is -2.17. The van der Waals surface area contributed by atoms with Gasteiger partial charge in [-0.25, -0.2) is 0 Å². The van der Waals surface area contributed by atoms with Gasteiger partial charge in [0.2, 0.25) is 0 Å². The van der Waals surface area contributed by atoms with Crippen LogP contribution in [0.25, 0.3) is 73.7 Å². The topological polar surface area (TPSA) is 71.4 Å². The summed E-state index contributed by atoms with van der Waals surface area (Å²) in [7, 11) is 0. The molecule has 0 amide bonds. The summed E-state index contributed by atoms with van der Waals surface area (Å²) in [6, 6.07) is 45.6. The maximum absolute atomic E-state index is 10.8. The van der Waals surface area contributed by atoms with Gasteiger partial charge in [-0.3, -0.25) is 0 Å². The third kappa shape index (κ3) is 3.84. The van der Waals surface area contributed by atoms with Gasteiger partial charge in [0.1, 0.15) is 6.07 Å². The summed E-state index contributed by atoms with van der Waals surface area (Å²) in [6.07, 6.45) is 0. The van der Waals surface area contributed by atoms with Crippen LogP contribution in [-0.4, -0.2) is 0 Å². The van der Waals surface area contributed by atoms with Gasteiger partial charge in [0, 0.05) is 57.0 Å². The van der Waals surface area contributed by atoms with Gasteiger partial charge in [0.05, 0.1) is 28.8 Å². The van der Waals surface area contributed by atoms with Gasteiger partial charge in [-0.1, -0.05) is 66.7 Å². The molecule has 0 aliphatic carbocycles. The minimum Gasteiger partial charge on any atom is -0.192 e. The third-order valence-corrected chi connectivity index (χ3v) is 10.5. The second-order valence-corrected chi connectivity index (χ2v) is 12.7. The highest BCUT2D eigenvalue weighted by molar-refractivity contribution is 7.26. The summed E-state index contributed by atoms with van der Waals surface area (Å²) in [5.74, 6) is 0. The van der Waals surface area contributed by atoms with E-state index in [1.807, 2.05) is 24.3 Å². The zero-order chi connectivity index (χ0) is 29.8. The Morgan fingerprint density at radius 2 is 0.932 bits per heavy atom. The van der Waals surface area contributed by atoms with Gasteiger partial charge in [-0.2, -0.15) is 15.8 Å². The molecule has 5 heteroatoms. The van der Waals surface area contributed by atoms with Gasteiger partial charge < -0.3 is 0 Å². The molecule has 2 aromatic heterocycles. The SMILES string of the molecule is N#Cc1cccc(C#N)c1-c1cc(-c2cccc3sc4ccccc4c23)cc(-c2cccc3sc4ccccc4c23)c1C#N. The van der Waals surface area contributed by atoms with E-state index in [1.165, 1.54) is 19.5 Å². The fourth-order valence-electron chi connectivity index (χ4n) is 6.37. The van der Waals surface area contributed by atoms with Gasteiger partial charge in [-0.15, -0.1) is 22.7 Å². The van der Waals surface area contributed by atoms with Crippen LogP contribution in [-0.2, 0) is 0 Å². The van der Waals surface area contributed by atoms with Crippen LogP contribution in [0.5, 0.6) is 0 Å². The average molecular weight is 594 g/mol. The smallest absolute Gasteiger partial charge is 0.100 e. The molecule has 3 nitrogen and oxygen atoms in total. The molecule has 44 heavy (non-hydrogen) atoms. The number of rotatable bonds is 3. The Hall–Kier alpha value is -5.77. The largest absolute Gasteiger partial charge is 0.192 e. The third-order valence-electron chi connectivity index (χ3n) is 8.23. The van der Waals surface area contributed by atoms with E-state index in [0.717, 1.165) is 43.1 Å². The normalized spacial score (nSPS) is 11.1. The van der Waals surface area contributed by atoms with Crippen LogP contribution in [0.4, 0.5) is 0 Å². The molecular weight excluding hydrogens is 575 g/mol. The first kappa shape index (κ1) is 25.9. The molecule has 8 rings (SSSR count). The minimum atomic E-state index is 0.363. The Balaban J connectivity index is 1.55. The number of hydrogen-bond donors (Lipinski definition) is 0. The minimum absolute atomic E-state index is 0.363. The van der Waals surface area contributed by atoms with Crippen molar-refractivity contribution in [1.29, 1.82) is 15.8 Å². The Labute approximate surface area is 261 Å². The first-order valence-electron chi connectivity index (χ1n) is 14.0. The van der Waals surface area contributed by atoms with Crippen molar-refractivity contribution in [3.63, 3.8) is 0 Å². The van der Waals surface area contributed by atoms with Crippen molar-refractivity contribution in [3.05, 3.63) is 132 Å². The lowest BCUT2D eigenvalue weighted by molar-refractivity contribution is 1.42. The molecule has 202 valence electrons. The molecule has 0 N–H and O–H groups in total. The fourth-order valence-corrected chi connectivity index (χ4v) is 8.64. The zero-order valence-electron chi connectivity index (χ0n) is 23.1. The quantitative estimate of drug-likeness (QED) is 0.205. The number of nitriles is 3. The summed E-state index contributed by atoms with van der Waals surface area (Å²) in [6.45, 7) is 0. The molecule has 6 aromatic carbocycles. The van der Waals surface area contributed by atoms with Crippen LogP contribution in [0.2, 0.25) is 0 Å². The summed E-state index contributed by atoms with van der Waals surface area (Å²) in [5, 5.41) is 35.7. The maximum atomic E-state index is 10.8. The summed E-state index contributed by atoms with van der Waals surface area (Å²) >= 11 is 3.49. The Morgan fingerprint density at radius 3 is 1.52 bits per heavy atom. The van der Waals surface area contributed by atoms with Crippen LogP contribution < -0.4 is 0 Å². The monoisotopic (exact) mass is 593 g/mol. The van der Waals surface area contributed by atoms with Crippen molar-refractivity contribution in [2.24, 2.45) is 0 Å². The second-order valence-electron chi connectivity index (χ2n) is 10.6. The zero-order valence-corrected chi connectivity index (χ0v) is 24.8. The molecular formula is C39H19N3S2. The number of nitrogens with zero attached hydrogens (tertiary/aromatic N) is 3. The van der Waals surface area contributed by atoms with E-state index in [-0.39, 0.29) is 0 Å². The van der Waals surface area contributed by atoms with Gasteiger partial charge in [0.15, 0.2) is 0 Å². The van der Waals surface area contributed by atoms with Crippen LogP contribution in [0.15, 0.2) is 115 Å². The molecule has 0 bridgehead atoms. The van der Waals surface area contributed by atoms with Crippen molar-refractivity contribution in [1.82, 2.24) is 0 Å². The van der Waals surface area contributed by atoms with E-state index < -0.39 is 0 Å². The number of fused-ring (bicyclic) bond motifs is 6. The van der Waals surface area contributed by atoms with Crippen molar-refractivity contribution in [2.45, 2.75) is 0 Å². The van der Waals surface area contributed by atoms with Crippen LogP contribution >= 0.6 is 22.7 Å². The summed E-state index contributed by atoms with van der Waals surface area (Å²) < 4.78 is 4.71. The standard InChI is InChI=1S/C39H19N3S2/c40-20-23-8-5-9-24(21-41)37(23)31-19-25(26-12-6-16-35-38(26)28-10-1-3-14-33(28)43-35)18-30(32(31)22-42)27-13-7-17-36-39(27)29-11-2-4-15-34(29)44-36/h1-19H. The first-order valence-corrected chi connectivity index (χ1v) is 15.7. The molecule has 0 fully saturated rings. The molecule has 2 heterocycles. The van der Waals surface area contributed by atoms with E-state index in [1.54, 1.807) is 40.9 Å². The van der Waals surface area contributed by atoms with Gasteiger partial charge in [-0.05, 0) is 65.2 Å². The molecule has 0 spiro atoms. The van der Waals surface area contributed by atoms with Crippen LogP contribution in [0, 0.1) is 34.0 Å². The Bertz CT molecular complexity index is 2570. The highest BCUT2D eigenvalue weighted by Crippen LogP contribution is 2.47. The van der Waals surface area contributed by atoms with E-state index in [0.29, 0.717) is 27.8 Å². The van der Waals surface area contributed by atoms with Crippen molar-refractivity contribution >= 4 is 63.0 Å². The molecule has 0 saturated carbocycles. The van der Waals surface area contributed by atoms with E-state index in [9.17, 15) is 15.8 Å². The molecule has 0 aliphatic rings. The number of thiophene rings is 2. The molecule has 0 aliphatic heterocycles. The Kier molecular flexibility index (Phi) is 6.00. The van der Waals surface area contributed by atoms with Gasteiger partial charge in [0.25, 0.3) is 0 Å². The Morgan fingerprint density at radius 1 is 0.432 bits per heavy atom. The summed E-state index contributed by atoms with van der Waals surface area (Å²) in [4.78, 5) is 0.